The van der Waals surface area contributed by atoms with Gasteiger partial charge in [0.05, 0.1) is 0 Å². The fourth-order valence-electron chi connectivity index (χ4n) is 1.19. The highest BCUT2D eigenvalue weighted by molar-refractivity contribution is 6.13. The van der Waals surface area contributed by atoms with Crippen LogP contribution in [-0.4, -0.2) is 41.3 Å². The molecule has 0 aliphatic carbocycles. The topological polar surface area (TPSA) is 90.0 Å². The number of esters is 1. The summed E-state index contributed by atoms with van der Waals surface area (Å²) in [7, 11) is 0. The van der Waals surface area contributed by atoms with Gasteiger partial charge in [-0.2, -0.15) is 5.06 Å². The van der Waals surface area contributed by atoms with Crippen LogP contribution in [0.15, 0.2) is 12.2 Å². The molecule has 1 atom stereocenters. The standard InChI is InChI=1S/C8H5NO6/c10-4-3-9-8(13)7(4)14-5(11)1-2-6(12)15-9/h1-2,7H,3H2/b2-1-. The summed E-state index contributed by atoms with van der Waals surface area (Å²) in [6.45, 7) is -0.393. The van der Waals surface area contributed by atoms with Crippen LogP contribution < -0.4 is 0 Å². The van der Waals surface area contributed by atoms with Crippen molar-refractivity contribution in [1.29, 1.82) is 0 Å². The van der Waals surface area contributed by atoms with Gasteiger partial charge in [-0.3, -0.25) is 9.59 Å². The Bertz CT molecular complexity index is 398. The molecule has 0 aromatic heterocycles. The number of fused-ring (bicyclic) bond motifs is 2. The fourth-order valence-corrected chi connectivity index (χ4v) is 1.19. The van der Waals surface area contributed by atoms with E-state index in [1.165, 1.54) is 0 Å². The molecule has 78 valence electrons. The van der Waals surface area contributed by atoms with Gasteiger partial charge in [-0.25, -0.2) is 9.59 Å². The third-order valence-corrected chi connectivity index (χ3v) is 1.85. The second kappa shape index (κ2) is 3.19. The van der Waals surface area contributed by atoms with E-state index in [0.717, 1.165) is 12.2 Å². The number of hydrogen-bond acceptors (Lipinski definition) is 6. The Morgan fingerprint density at radius 1 is 1.13 bits per heavy atom. The van der Waals surface area contributed by atoms with Crippen molar-refractivity contribution in [2.45, 2.75) is 6.10 Å². The smallest absolute Gasteiger partial charge is 0.356 e. The van der Waals surface area contributed by atoms with Gasteiger partial charge in [0.2, 0.25) is 11.9 Å². The highest BCUT2D eigenvalue weighted by Crippen LogP contribution is 2.14. The number of rotatable bonds is 0. The summed E-state index contributed by atoms with van der Waals surface area (Å²) in [5, 5.41) is 0.582. The van der Waals surface area contributed by atoms with Crippen LogP contribution in [0.1, 0.15) is 0 Å². The van der Waals surface area contributed by atoms with Gasteiger partial charge in [0.25, 0.3) is 0 Å². The first kappa shape index (κ1) is 9.38. The molecule has 2 rings (SSSR count). The molecule has 1 unspecified atom stereocenters. The molecule has 1 amide bonds. The maximum atomic E-state index is 11.3. The molecule has 0 spiro atoms. The van der Waals surface area contributed by atoms with Crippen molar-refractivity contribution < 1.29 is 28.8 Å². The minimum absolute atomic E-state index is 0.393. The molecule has 2 aliphatic heterocycles. The zero-order valence-corrected chi connectivity index (χ0v) is 7.34. The van der Waals surface area contributed by atoms with Crippen LogP contribution >= 0.6 is 0 Å². The quantitative estimate of drug-likeness (QED) is 0.352. The van der Waals surface area contributed by atoms with Gasteiger partial charge in [-0.15, -0.1) is 0 Å². The zero-order valence-electron chi connectivity index (χ0n) is 7.34. The lowest BCUT2D eigenvalue weighted by atomic mass is 10.3. The molecule has 1 saturated heterocycles. The summed E-state index contributed by atoms with van der Waals surface area (Å²) in [4.78, 5) is 48.9. The number of carbonyl (C=O) groups excluding carboxylic acids is 4. The van der Waals surface area contributed by atoms with Crippen molar-refractivity contribution in [3.8, 4) is 0 Å². The lowest BCUT2D eigenvalue weighted by Crippen LogP contribution is -2.33. The summed E-state index contributed by atoms with van der Waals surface area (Å²) in [5.74, 6) is -3.29. The van der Waals surface area contributed by atoms with Crippen LogP contribution in [0.4, 0.5) is 0 Å². The van der Waals surface area contributed by atoms with E-state index in [-0.39, 0.29) is 0 Å². The highest BCUT2D eigenvalue weighted by Gasteiger charge is 2.44. The Morgan fingerprint density at radius 2 is 1.80 bits per heavy atom. The van der Waals surface area contributed by atoms with Gasteiger partial charge in [-0.1, -0.05) is 0 Å². The van der Waals surface area contributed by atoms with E-state index in [0.29, 0.717) is 5.06 Å². The Hall–Kier alpha value is -2.18. The predicted octanol–water partition coefficient (Wildman–Crippen LogP) is -1.66. The zero-order chi connectivity index (χ0) is 11.0. The van der Waals surface area contributed by atoms with E-state index in [2.05, 4.69) is 9.57 Å². The summed E-state index contributed by atoms with van der Waals surface area (Å²) >= 11 is 0. The molecule has 1 fully saturated rings. The molecule has 2 bridgehead atoms. The Kier molecular flexibility index (Phi) is 2.00. The van der Waals surface area contributed by atoms with E-state index in [1.807, 2.05) is 0 Å². The SMILES string of the molecule is O=C1/C=C\C(=O)ON2CC(=O)C(O1)C2=O. The van der Waals surface area contributed by atoms with Crippen molar-refractivity contribution in [3.63, 3.8) is 0 Å². The second-order valence-electron chi connectivity index (χ2n) is 2.90. The Labute approximate surface area is 83.2 Å². The first-order valence-electron chi connectivity index (χ1n) is 4.02. The maximum Gasteiger partial charge on any atom is 0.356 e. The third kappa shape index (κ3) is 1.58. The molecule has 7 heteroatoms. The molecule has 7 nitrogen and oxygen atoms in total. The predicted molar refractivity (Wildman–Crippen MR) is 41.8 cm³/mol. The lowest BCUT2D eigenvalue weighted by Gasteiger charge is -2.11. The van der Waals surface area contributed by atoms with Crippen LogP contribution in [0.3, 0.4) is 0 Å². The molecule has 15 heavy (non-hydrogen) atoms. The van der Waals surface area contributed by atoms with Crippen molar-refractivity contribution >= 4 is 23.6 Å². The number of ketones is 1. The summed E-state index contributed by atoms with van der Waals surface area (Å²) in [5.41, 5.74) is 0. The largest absolute Gasteiger partial charge is 0.441 e. The van der Waals surface area contributed by atoms with Gasteiger partial charge in [0.1, 0.15) is 6.54 Å². The van der Waals surface area contributed by atoms with Gasteiger partial charge < -0.3 is 9.57 Å². The van der Waals surface area contributed by atoms with Crippen molar-refractivity contribution in [2.24, 2.45) is 0 Å². The minimum Gasteiger partial charge on any atom is -0.441 e. The normalized spacial score (nSPS) is 27.7. The molecule has 0 N–H and O–H groups in total. The fraction of sp³-hybridized carbons (Fsp3) is 0.250. The van der Waals surface area contributed by atoms with Crippen molar-refractivity contribution in [3.05, 3.63) is 12.2 Å². The van der Waals surface area contributed by atoms with Crippen molar-refractivity contribution in [2.75, 3.05) is 6.54 Å². The van der Waals surface area contributed by atoms with Crippen LogP contribution in [0.2, 0.25) is 0 Å². The van der Waals surface area contributed by atoms with Crippen LogP contribution in [-0.2, 0) is 28.8 Å². The average molecular weight is 211 g/mol. The lowest BCUT2D eigenvalue weighted by molar-refractivity contribution is -0.190. The monoisotopic (exact) mass is 211 g/mol. The Morgan fingerprint density at radius 3 is 2.53 bits per heavy atom. The second-order valence-corrected chi connectivity index (χ2v) is 2.90. The van der Waals surface area contributed by atoms with Crippen LogP contribution in [0, 0.1) is 0 Å². The summed E-state index contributed by atoms with van der Waals surface area (Å²) in [6, 6.07) is 0. The van der Waals surface area contributed by atoms with E-state index in [9.17, 15) is 19.2 Å². The highest BCUT2D eigenvalue weighted by atomic mass is 16.7. The number of hydrogen-bond donors (Lipinski definition) is 0. The van der Waals surface area contributed by atoms with Crippen LogP contribution in [0.25, 0.3) is 0 Å². The summed E-state index contributed by atoms with van der Waals surface area (Å²) < 4.78 is 4.54. The van der Waals surface area contributed by atoms with Gasteiger partial charge >= 0.3 is 17.8 Å². The molecule has 0 saturated carbocycles. The van der Waals surface area contributed by atoms with Crippen molar-refractivity contribution in [1.82, 2.24) is 5.06 Å². The first-order valence-corrected chi connectivity index (χ1v) is 4.02. The van der Waals surface area contributed by atoms with Crippen LogP contribution in [0.5, 0.6) is 0 Å². The minimum atomic E-state index is -1.49. The summed E-state index contributed by atoms with van der Waals surface area (Å²) in [6.07, 6.45) is 0.124. The number of nitrogens with zero attached hydrogens (tertiary/aromatic N) is 1. The first-order chi connectivity index (χ1) is 7.08. The number of ether oxygens (including phenoxy) is 1. The number of Topliss-reactive ketones (excluding diaryl/α,β-unsaturated/α-hetero) is 1. The van der Waals surface area contributed by atoms with Gasteiger partial charge in [0.15, 0.2) is 0 Å². The molecular weight excluding hydrogens is 206 g/mol. The number of amides is 1. The Balaban J connectivity index is 2.33. The molecule has 0 radical (unpaired) electrons. The number of carbonyl (C=O) groups is 4. The molecule has 2 heterocycles. The molecule has 2 aliphatic rings. The number of hydroxylamine groups is 2. The maximum absolute atomic E-state index is 11.3. The van der Waals surface area contributed by atoms with E-state index < -0.39 is 36.3 Å². The third-order valence-electron chi connectivity index (χ3n) is 1.85. The molecular formula is C8H5NO6. The van der Waals surface area contributed by atoms with E-state index >= 15 is 0 Å². The van der Waals surface area contributed by atoms with E-state index in [4.69, 9.17) is 0 Å². The molecule has 0 aromatic rings. The van der Waals surface area contributed by atoms with E-state index in [1.54, 1.807) is 0 Å². The average Bonchev–Trinajstić information content (AvgIpc) is 2.44. The molecule has 0 aromatic carbocycles. The van der Waals surface area contributed by atoms with Gasteiger partial charge in [0, 0.05) is 12.2 Å². The van der Waals surface area contributed by atoms with Gasteiger partial charge in [-0.05, 0) is 0 Å².